The predicted octanol–water partition coefficient (Wildman–Crippen LogP) is 2.71. The van der Waals surface area contributed by atoms with Crippen LogP contribution >= 0.6 is 0 Å². The first-order valence-electron chi connectivity index (χ1n) is 10.1. The summed E-state index contributed by atoms with van der Waals surface area (Å²) in [6.07, 6.45) is 2.84. The van der Waals surface area contributed by atoms with Gasteiger partial charge in [-0.05, 0) is 39.7 Å². The fourth-order valence-corrected chi connectivity index (χ4v) is 3.30. The molecule has 9 heteroatoms. The monoisotopic (exact) mass is 418 g/mol. The normalized spacial score (nSPS) is 15.7. The van der Waals surface area contributed by atoms with E-state index in [9.17, 15) is 9.90 Å². The van der Waals surface area contributed by atoms with Crippen molar-refractivity contribution in [3.63, 3.8) is 0 Å². The number of rotatable bonds is 6. The van der Waals surface area contributed by atoms with Gasteiger partial charge in [0.25, 0.3) is 0 Å². The summed E-state index contributed by atoms with van der Waals surface area (Å²) in [6.45, 7) is 8.38. The third-order valence-electron chi connectivity index (χ3n) is 4.81. The quantitative estimate of drug-likeness (QED) is 0.738. The van der Waals surface area contributed by atoms with Gasteiger partial charge in [-0.25, -0.2) is 9.78 Å². The van der Waals surface area contributed by atoms with Gasteiger partial charge in [-0.1, -0.05) is 0 Å². The number of nitrogens with one attached hydrogen (secondary N) is 1. The Kier molecular flexibility index (Phi) is 6.81. The van der Waals surface area contributed by atoms with Crippen LogP contribution in [0.1, 0.15) is 33.6 Å². The smallest absolute Gasteiger partial charge is 0.407 e. The van der Waals surface area contributed by atoms with Crippen LogP contribution in [0, 0.1) is 0 Å². The predicted molar refractivity (Wildman–Crippen MR) is 112 cm³/mol. The summed E-state index contributed by atoms with van der Waals surface area (Å²) in [5, 5.41) is 13.4. The highest BCUT2D eigenvalue weighted by molar-refractivity contribution is 5.83. The first kappa shape index (κ1) is 21.9. The molecule has 0 aliphatic carbocycles. The molecule has 1 aliphatic heterocycles. The van der Waals surface area contributed by atoms with Gasteiger partial charge in [-0.15, -0.1) is 0 Å². The molecule has 0 atom stereocenters. The average molecular weight is 418 g/mol. The van der Waals surface area contributed by atoms with E-state index in [0.29, 0.717) is 35.8 Å². The minimum Gasteiger partial charge on any atom is -0.503 e. The molecule has 0 radical (unpaired) electrons. The lowest BCUT2D eigenvalue weighted by atomic mass is 10.1. The lowest BCUT2D eigenvalue weighted by molar-refractivity contribution is 0.0476. The van der Waals surface area contributed by atoms with Crippen molar-refractivity contribution in [3.8, 4) is 17.4 Å². The van der Waals surface area contributed by atoms with Crippen molar-refractivity contribution in [1.82, 2.24) is 20.2 Å². The Bertz CT molecular complexity index is 876. The van der Waals surface area contributed by atoms with E-state index in [-0.39, 0.29) is 17.9 Å². The Balaban J connectivity index is 1.45. The number of amides is 1. The number of carbonyl (C=O) groups is 1. The zero-order valence-corrected chi connectivity index (χ0v) is 18.0. The molecule has 3 rings (SSSR count). The van der Waals surface area contributed by atoms with Crippen molar-refractivity contribution in [2.24, 2.45) is 0 Å². The molecule has 164 valence electrons. The Morgan fingerprint density at radius 1 is 1.30 bits per heavy atom. The second-order valence-electron chi connectivity index (χ2n) is 8.30. The van der Waals surface area contributed by atoms with Crippen LogP contribution in [0.5, 0.6) is 17.4 Å². The van der Waals surface area contributed by atoms with Gasteiger partial charge in [0.05, 0.1) is 18.8 Å². The van der Waals surface area contributed by atoms with Crippen LogP contribution < -0.4 is 14.8 Å². The first-order chi connectivity index (χ1) is 14.2. The summed E-state index contributed by atoms with van der Waals surface area (Å²) in [6, 6.07) is 3.54. The van der Waals surface area contributed by atoms with Crippen LogP contribution in [0.2, 0.25) is 0 Å². The second-order valence-corrected chi connectivity index (χ2v) is 8.30. The van der Waals surface area contributed by atoms with Crippen LogP contribution in [0.25, 0.3) is 11.0 Å². The summed E-state index contributed by atoms with van der Waals surface area (Å²) in [5.74, 6) is 0.656. The molecule has 1 amide bonds. The van der Waals surface area contributed by atoms with Crippen LogP contribution in [-0.2, 0) is 4.74 Å². The molecule has 1 aliphatic rings. The van der Waals surface area contributed by atoms with E-state index < -0.39 is 5.60 Å². The number of pyridine rings is 2. The zero-order chi connectivity index (χ0) is 21.7. The highest BCUT2D eigenvalue weighted by atomic mass is 16.6. The van der Waals surface area contributed by atoms with Gasteiger partial charge in [-0.3, -0.25) is 9.88 Å². The van der Waals surface area contributed by atoms with E-state index in [0.717, 1.165) is 25.9 Å². The van der Waals surface area contributed by atoms with Crippen LogP contribution in [-0.4, -0.2) is 71.1 Å². The first-order valence-corrected chi connectivity index (χ1v) is 10.1. The third kappa shape index (κ3) is 5.85. The summed E-state index contributed by atoms with van der Waals surface area (Å²) < 4.78 is 16.2. The molecule has 9 nitrogen and oxygen atoms in total. The summed E-state index contributed by atoms with van der Waals surface area (Å²) >= 11 is 0. The van der Waals surface area contributed by atoms with Gasteiger partial charge in [-0.2, -0.15) is 0 Å². The Hall–Kier alpha value is -2.81. The van der Waals surface area contributed by atoms with Crippen molar-refractivity contribution in [2.45, 2.75) is 45.3 Å². The highest BCUT2D eigenvalue weighted by Crippen LogP contribution is 2.32. The molecule has 0 unspecified atom stereocenters. The lowest BCUT2D eigenvalue weighted by Crippen LogP contribution is -2.46. The number of aromatic nitrogens is 2. The Morgan fingerprint density at radius 3 is 2.70 bits per heavy atom. The van der Waals surface area contributed by atoms with E-state index in [1.54, 1.807) is 12.1 Å². The molecular formula is C21H30N4O5. The molecule has 2 aromatic heterocycles. The molecule has 1 saturated heterocycles. The number of nitrogens with zero attached hydrogens (tertiary/aromatic N) is 3. The average Bonchev–Trinajstić information content (AvgIpc) is 2.69. The molecule has 1 fully saturated rings. The second kappa shape index (κ2) is 9.34. The zero-order valence-electron chi connectivity index (χ0n) is 18.0. The number of piperidine rings is 1. The molecule has 30 heavy (non-hydrogen) atoms. The van der Waals surface area contributed by atoms with Crippen molar-refractivity contribution < 1.29 is 24.1 Å². The van der Waals surface area contributed by atoms with E-state index in [2.05, 4.69) is 20.2 Å². The fourth-order valence-electron chi connectivity index (χ4n) is 3.30. The van der Waals surface area contributed by atoms with Crippen molar-refractivity contribution in [2.75, 3.05) is 33.4 Å². The molecule has 2 aromatic rings. The van der Waals surface area contributed by atoms with Gasteiger partial charge in [0.2, 0.25) is 5.88 Å². The van der Waals surface area contributed by atoms with E-state index >= 15 is 0 Å². The van der Waals surface area contributed by atoms with Crippen molar-refractivity contribution >= 4 is 17.1 Å². The SMILES string of the molecule is COc1ccc2ncc(OCCN3CCC(NC(=O)OC(C)(C)C)CC3)c(O)c2n1. The number of alkyl carbamates (subject to hydrolysis) is 1. The minimum absolute atomic E-state index is 0.0424. The van der Waals surface area contributed by atoms with Gasteiger partial charge in [0.1, 0.15) is 17.7 Å². The largest absolute Gasteiger partial charge is 0.503 e. The summed E-state index contributed by atoms with van der Waals surface area (Å²) in [7, 11) is 1.52. The molecule has 2 N–H and O–H groups in total. The number of aromatic hydroxyl groups is 1. The van der Waals surface area contributed by atoms with Gasteiger partial charge in [0, 0.05) is 31.7 Å². The highest BCUT2D eigenvalue weighted by Gasteiger charge is 2.23. The minimum atomic E-state index is -0.494. The number of hydrogen-bond donors (Lipinski definition) is 2. The number of fused-ring (bicyclic) bond motifs is 1. The summed E-state index contributed by atoms with van der Waals surface area (Å²) in [5.41, 5.74) is 0.424. The maximum absolute atomic E-state index is 11.9. The maximum atomic E-state index is 11.9. The molecular weight excluding hydrogens is 388 g/mol. The molecule has 3 heterocycles. The third-order valence-corrected chi connectivity index (χ3v) is 4.81. The van der Waals surface area contributed by atoms with Gasteiger partial charge >= 0.3 is 6.09 Å². The number of carbonyl (C=O) groups excluding carboxylic acids is 1. The molecule has 0 bridgehead atoms. The van der Waals surface area contributed by atoms with Crippen molar-refractivity contribution in [1.29, 1.82) is 0 Å². The van der Waals surface area contributed by atoms with E-state index in [1.807, 2.05) is 20.8 Å². The number of methoxy groups -OCH3 is 1. The molecule has 0 aromatic carbocycles. The Labute approximate surface area is 176 Å². The fraction of sp³-hybridized carbons (Fsp3) is 0.571. The van der Waals surface area contributed by atoms with Crippen molar-refractivity contribution in [3.05, 3.63) is 18.3 Å². The number of ether oxygens (including phenoxy) is 3. The van der Waals surface area contributed by atoms with Crippen LogP contribution in [0.3, 0.4) is 0 Å². The van der Waals surface area contributed by atoms with Crippen LogP contribution in [0.15, 0.2) is 18.3 Å². The lowest BCUT2D eigenvalue weighted by Gasteiger charge is -2.32. The standard InChI is InChI=1S/C21H30N4O5/c1-21(2,3)30-20(27)23-14-7-9-25(10-8-14)11-12-29-16-13-22-15-5-6-17(28-4)24-18(15)19(16)26/h5-6,13-14H,7-12H2,1-4H3,(H,22,26)(H,23,27). The molecule has 0 saturated carbocycles. The number of hydrogen-bond acceptors (Lipinski definition) is 8. The van der Waals surface area contributed by atoms with E-state index in [4.69, 9.17) is 14.2 Å². The van der Waals surface area contributed by atoms with E-state index in [1.165, 1.54) is 13.3 Å². The van der Waals surface area contributed by atoms with Gasteiger partial charge in [0.15, 0.2) is 11.5 Å². The van der Waals surface area contributed by atoms with Gasteiger partial charge < -0.3 is 24.6 Å². The van der Waals surface area contributed by atoms with Crippen LogP contribution in [0.4, 0.5) is 4.79 Å². The summed E-state index contributed by atoms with van der Waals surface area (Å²) in [4.78, 5) is 22.7. The molecule has 0 spiro atoms. The number of likely N-dealkylation sites (tertiary alicyclic amines) is 1. The Morgan fingerprint density at radius 2 is 2.03 bits per heavy atom. The maximum Gasteiger partial charge on any atom is 0.407 e. The topological polar surface area (TPSA) is 106 Å².